The van der Waals surface area contributed by atoms with Crippen molar-refractivity contribution < 1.29 is 4.79 Å². The predicted octanol–water partition coefficient (Wildman–Crippen LogP) is 3.11. The normalized spacial score (nSPS) is 20.2. The van der Waals surface area contributed by atoms with Crippen LogP contribution in [0.15, 0.2) is 28.4 Å². The fourth-order valence-corrected chi connectivity index (χ4v) is 2.45. The highest BCUT2D eigenvalue weighted by atomic mass is 16.2. The van der Waals surface area contributed by atoms with Crippen molar-refractivity contribution in [3.63, 3.8) is 0 Å². The van der Waals surface area contributed by atoms with Crippen molar-refractivity contribution in [2.45, 2.75) is 46.5 Å². The summed E-state index contributed by atoms with van der Waals surface area (Å²) < 4.78 is 0. The molecule has 0 aromatic carbocycles. The summed E-state index contributed by atoms with van der Waals surface area (Å²) in [6, 6.07) is -0.620. The minimum Gasteiger partial charge on any atom is -0.350 e. The summed E-state index contributed by atoms with van der Waals surface area (Å²) in [6.07, 6.45) is 4.19. The van der Waals surface area contributed by atoms with Crippen LogP contribution in [0.25, 0.3) is 0 Å². The van der Waals surface area contributed by atoms with Gasteiger partial charge in [0.15, 0.2) is 0 Å². The lowest BCUT2D eigenvalue weighted by Gasteiger charge is -2.15. The summed E-state index contributed by atoms with van der Waals surface area (Å²) in [7, 11) is 0. The monoisotopic (exact) mass is 249 g/mol. The maximum absolute atomic E-state index is 10.5. The molecule has 0 bridgehead atoms. The summed E-state index contributed by atoms with van der Waals surface area (Å²) in [6.45, 7) is 10.3. The highest BCUT2D eigenvalue weighted by Crippen LogP contribution is 2.38. The largest absolute Gasteiger partial charge is 0.350 e. The van der Waals surface area contributed by atoms with E-state index in [1.807, 2.05) is 6.92 Å². The molecule has 0 heterocycles. The van der Waals surface area contributed by atoms with E-state index in [9.17, 15) is 4.79 Å². The van der Waals surface area contributed by atoms with E-state index in [-0.39, 0.29) is 0 Å². The minimum absolute atomic E-state index is 0.530. The number of hydrazone groups is 1. The first-order valence-corrected chi connectivity index (χ1v) is 6.34. The first kappa shape index (κ1) is 14.5. The van der Waals surface area contributed by atoms with Crippen LogP contribution < -0.4 is 11.2 Å². The number of amides is 2. The standard InChI is InChI=1S/C14H23N3O/c1-9(2)12-7-5-10(3)13(12)8-6-11(4)16-17-14(15)18/h12H,1,5-8H2,2-4H3,(H3,15,17,18)/b16-11+/t12-/m1/s1. The highest BCUT2D eigenvalue weighted by molar-refractivity contribution is 5.83. The van der Waals surface area contributed by atoms with Crippen molar-refractivity contribution in [2.24, 2.45) is 16.8 Å². The van der Waals surface area contributed by atoms with E-state index in [0.717, 1.165) is 18.6 Å². The molecular weight excluding hydrogens is 226 g/mol. The van der Waals surface area contributed by atoms with Crippen LogP contribution in [0, 0.1) is 5.92 Å². The molecule has 3 N–H and O–H groups in total. The summed E-state index contributed by atoms with van der Waals surface area (Å²) >= 11 is 0. The van der Waals surface area contributed by atoms with Crippen LogP contribution in [0.5, 0.6) is 0 Å². The number of hydrogen-bond donors (Lipinski definition) is 2. The Morgan fingerprint density at radius 2 is 2.22 bits per heavy atom. The fourth-order valence-electron chi connectivity index (χ4n) is 2.45. The van der Waals surface area contributed by atoms with Gasteiger partial charge >= 0.3 is 6.03 Å². The first-order chi connectivity index (χ1) is 8.41. The number of rotatable bonds is 5. The molecular formula is C14H23N3O. The van der Waals surface area contributed by atoms with Gasteiger partial charge in [-0.2, -0.15) is 5.10 Å². The van der Waals surface area contributed by atoms with Gasteiger partial charge in [-0.1, -0.05) is 23.3 Å². The van der Waals surface area contributed by atoms with Crippen molar-refractivity contribution >= 4 is 11.7 Å². The number of hydrogen-bond acceptors (Lipinski definition) is 2. The van der Waals surface area contributed by atoms with Crippen molar-refractivity contribution in [2.75, 3.05) is 0 Å². The molecule has 0 radical (unpaired) electrons. The smallest absolute Gasteiger partial charge is 0.332 e. The molecule has 1 aliphatic carbocycles. The SMILES string of the molecule is C=C(C)[C@H]1CCC(C)=C1CC/C(C)=N/NC(N)=O. The minimum atomic E-state index is -0.620. The third kappa shape index (κ3) is 4.02. The lowest BCUT2D eigenvalue weighted by Crippen LogP contribution is -2.25. The van der Waals surface area contributed by atoms with Gasteiger partial charge in [-0.05, 0) is 46.5 Å². The van der Waals surface area contributed by atoms with Crippen LogP contribution in [0.3, 0.4) is 0 Å². The second kappa shape index (κ2) is 6.38. The van der Waals surface area contributed by atoms with Gasteiger partial charge in [0.1, 0.15) is 0 Å². The van der Waals surface area contributed by atoms with Gasteiger partial charge < -0.3 is 5.73 Å². The fraction of sp³-hybridized carbons (Fsp3) is 0.571. The average molecular weight is 249 g/mol. The Bertz CT molecular complexity index is 407. The first-order valence-electron chi connectivity index (χ1n) is 6.34. The number of nitrogens with zero attached hydrogens (tertiary/aromatic N) is 1. The molecule has 1 aliphatic rings. The van der Waals surface area contributed by atoms with Crippen molar-refractivity contribution in [1.82, 2.24) is 5.43 Å². The zero-order valence-electron chi connectivity index (χ0n) is 11.5. The molecule has 1 rings (SSSR count). The summed E-state index contributed by atoms with van der Waals surface area (Å²) in [5.41, 5.74) is 12.3. The van der Waals surface area contributed by atoms with Crippen LogP contribution in [0.4, 0.5) is 4.79 Å². The Labute approximate surface area is 109 Å². The van der Waals surface area contributed by atoms with Gasteiger partial charge in [0.2, 0.25) is 0 Å². The third-order valence-electron chi connectivity index (χ3n) is 3.48. The number of allylic oxidation sites excluding steroid dienone is 3. The molecule has 0 aromatic rings. The number of nitrogens with two attached hydrogens (primary N) is 1. The Morgan fingerprint density at radius 3 is 2.78 bits per heavy atom. The van der Waals surface area contributed by atoms with E-state index in [2.05, 4.69) is 31.0 Å². The van der Waals surface area contributed by atoms with Gasteiger partial charge in [-0.25, -0.2) is 10.2 Å². The molecule has 0 unspecified atom stereocenters. The quantitative estimate of drug-likeness (QED) is 0.439. The zero-order chi connectivity index (χ0) is 13.7. The van der Waals surface area contributed by atoms with Crippen LogP contribution in [-0.4, -0.2) is 11.7 Å². The second-order valence-corrected chi connectivity index (χ2v) is 5.07. The number of nitrogens with one attached hydrogen (secondary N) is 1. The molecule has 0 spiro atoms. The molecule has 4 heteroatoms. The molecule has 100 valence electrons. The molecule has 1 atom stereocenters. The Hall–Kier alpha value is -1.58. The summed E-state index contributed by atoms with van der Waals surface area (Å²) in [5, 5.41) is 3.93. The van der Waals surface area contributed by atoms with Gasteiger partial charge in [-0.3, -0.25) is 0 Å². The Kier molecular flexibility index (Phi) is 5.13. The summed E-state index contributed by atoms with van der Waals surface area (Å²) in [5.74, 6) is 0.530. The van der Waals surface area contributed by atoms with Crippen molar-refractivity contribution in [3.8, 4) is 0 Å². The number of carbonyl (C=O) groups is 1. The van der Waals surface area contributed by atoms with E-state index in [0.29, 0.717) is 5.92 Å². The van der Waals surface area contributed by atoms with Crippen LogP contribution in [0.2, 0.25) is 0 Å². The molecule has 0 saturated carbocycles. The van der Waals surface area contributed by atoms with Gasteiger partial charge in [0, 0.05) is 11.6 Å². The zero-order valence-corrected chi connectivity index (χ0v) is 11.5. The van der Waals surface area contributed by atoms with Crippen molar-refractivity contribution in [3.05, 3.63) is 23.3 Å². The van der Waals surface area contributed by atoms with E-state index >= 15 is 0 Å². The third-order valence-corrected chi connectivity index (χ3v) is 3.48. The van der Waals surface area contributed by atoms with Crippen LogP contribution >= 0.6 is 0 Å². The maximum atomic E-state index is 10.5. The van der Waals surface area contributed by atoms with Crippen LogP contribution in [0.1, 0.15) is 46.5 Å². The number of carbonyl (C=O) groups excluding carboxylic acids is 1. The Balaban J connectivity index is 2.57. The van der Waals surface area contributed by atoms with E-state index in [1.165, 1.54) is 29.6 Å². The Morgan fingerprint density at radius 1 is 1.56 bits per heavy atom. The van der Waals surface area contributed by atoms with E-state index < -0.39 is 6.03 Å². The van der Waals surface area contributed by atoms with E-state index in [4.69, 9.17) is 5.73 Å². The maximum Gasteiger partial charge on any atom is 0.332 e. The second-order valence-electron chi connectivity index (χ2n) is 5.07. The van der Waals surface area contributed by atoms with E-state index in [1.54, 1.807) is 0 Å². The lowest BCUT2D eigenvalue weighted by atomic mass is 9.90. The van der Waals surface area contributed by atoms with Gasteiger partial charge in [0.05, 0.1) is 0 Å². The lowest BCUT2D eigenvalue weighted by molar-refractivity contribution is 0.249. The molecule has 0 fully saturated rings. The predicted molar refractivity (Wildman–Crippen MR) is 75.3 cm³/mol. The molecule has 0 saturated heterocycles. The number of urea groups is 1. The average Bonchev–Trinajstić information content (AvgIpc) is 2.65. The molecule has 2 amide bonds. The van der Waals surface area contributed by atoms with Gasteiger partial charge in [-0.15, -0.1) is 0 Å². The number of primary amides is 1. The molecule has 0 aromatic heterocycles. The van der Waals surface area contributed by atoms with Gasteiger partial charge in [0.25, 0.3) is 0 Å². The molecule has 18 heavy (non-hydrogen) atoms. The summed E-state index contributed by atoms with van der Waals surface area (Å²) in [4.78, 5) is 10.5. The topological polar surface area (TPSA) is 67.5 Å². The molecule has 4 nitrogen and oxygen atoms in total. The highest BCUT2D eigenvalue weighted by Gasteiger charge is 2.23. The van der Waals surface area contributed by atoms with Crippen LogP contribution in [-0.2, 0) is 0 Å². The van der Waals surface area contributed by atoms with Crippen molar-refractivity contribution in [1.29, 1.82) is 0 Å². The molecule has 0 aliphatic heterocycles.